The number of hydrogen-bond donors (Lipinski definition) is 1. The molecule has 1 N–H and O–H groups in total. The van der Waals surface area contributed by atoms with E-state index < -0.39 is 12.0 Å². The topological polar surface area (TPSA) is 83.1 Å². The summed E-state index contributed by atoms with van der Waals surface area (Å²) in [4.78, 5) is 24.9. The lowest BCUT2D eigenvalue weighted by Crippen LogP contribution is -2.33. The molecule has 0 fully saturated rings. The summed E-state index contributed by atoms with van der Waals surface area (Å²) < 4.78 is 21.0. The number of carbonyl (C=O) groups excluding carboxylic acids is 2. The number of methoxy groups -OCH3 is 3. The third-order valence-electron chi connectivity index (χ3n) is 4.69. The van der Waals surface area contributed by atoms with E-state index >= 15 is 0 Å². The van der Waals surface area contributed by atoms with Crippen molar-refractivity contribution in [3.8, 4) is 17.2 Å². The fraction of sp³-hybridized carbons (Fsp3) is 0.273. The zero-order chi connectivity index (χ0) is 21.7. The fourth-order valence-electron chi connectivity index (χ4n) is 3.10. The van der Waals surface area contributed by atoms with Crippen molar-refractivity contribution in [2.75, 3.05) is 27.9 Å². The smallest absolute Gasteiger partial charge is 0.307 e. The summed E-state index contributed by atoms with van der Waals surface area (Å²) in [6, 6.07) is 9.76. The van der Waals surface area contributed by atoms with Gasteiger partial charge < -0.3 is 24.3 Å². The molecule has 1 aliphatic heterocycles. The number of amides is 1. The molecule has 8 heteroatoms. The van der Waals surface area contributed by atoms with Crippen molar-refractivity contribution in [3.63, 3.8) is 0 Å². The predicted molar refractivity (Wildman–Crippen MR) is 112 cm³/mol. The van der Waals surface area contributed by atoms with Crippen LogP contribution in [-0.4, -0.2) is 39.8 Å². The number of ether oxygens (including phenoxy) is 4. The van der Waals surface area contributed by atoms with E-state index in [0.29, 0.717) is 33.4 Å². The van der Waals surface area contributed by atoms with Gasteiger partial charge in [0.1, 0.15) is 12.4 Å². The van der Waals surface area contributed by atoms with Gasteiger partial charge in [-0.1, -0.05) is 17.7 Å². The van der Waals surface area contributed by atoms with Gasteiger partial charge in [0.15, 0.2) is 11.5 Å². The Morgan fingerprint density at radius 1 is 1.10 bits per heavy atom. The van der Waals surface area contributed by atoms with E-state index in [1.54, 1.807) is 42.5 Å². The lowest BCUT2D eigenvalue weighted by Gasteiger charge is -2.22. The van der Waals surface area contributed by atoms with Crippen LogP contribution in [0.3, 0.4) is 0 Å². The maximum absolute atomic E-state index is 12.9. The molecule has 0 spiro atoms. The molecule has 1 heterocycles. The standard InChI is InChI=1S/C22H22ClNO6/c1-27-19-6-4-13(10-20(19)28-2)17(11-21(25)29-3)24-22(26)15-8-14-9-16(23)5-7-18(14)30-12-15/h4-10,17H,11-12H2,1-3H3,(H,24,26). The lowest BCUT2D eigenvalue weighted by atomic mass is 10.0. The summed E-state index contributed by atoms with van der Waals surface area (Å²) in [6.45, 7) is 0.108. The number of carbonyl (C=O) groups is 2. The molecule has 1 aliphatic rings. The summed E-state index contributed by atoms with van der Waals surface area (Å²) in [7, 11) is 4.35. The van der Waals surface area contributed by atoms with Crippen molar-refractivity contribution in [2.24, 2.45) is 0 Å². The molecular formula is C22H22ClNO6. The number of esters is 1. The molecule has 0 aliphatic carbocycles. The van der Waals surface area contributed by atoms with Crippen molar-refractivity contribution in [3.05, 3.63) is 58.1 Å². The van der Waals surface area contributed by atoms with Gasteiger partial charge in [-0.15, -0.1) is 0 Å². The molecule has 1 atom stereocenters. The number of fused-ring (bicyclic) bond motifs is 1. The third-order valence-corrected chi connectivity index (χ3v) is 4.93. The Bertz CT molecular complexity index is 988. The second-order valence-electron chi connectivity index (χ2n) is 6.56. The first kappa shape index (κ1) is 21.5. The Kier molecular flexibility index (Phi) is 6.84. The Morgan fingerprint density at radius 2 is 1.87 bits per heavy atom. The average molecular weight is 432 g/mol. The second kappa shape index (κ2) is 9.54. The van der Waals surface area contributed by atoms with Gasteiger partial charge in [-0.05, 0) is 42.0 Å². The summed E-state index contributed by atoms with van der Waals surface area (Å²) in [5.41, 5.74) is 1.81. The number of hydrogen-bond acceptors (Lipinski definition) is 6. The Labute approximate surface area is 179 Å². The van der Waals surface area contributed by atoms with Gasteiger partial charge in [-0.2, -0.15) is 0 Å². The van der Waals surface area contributed by atoms with Gasteiger partial charge in [0.25, 0.3) is 5.91 Å². The molecule has 1 amide bonds. The molecule has 0 saturated carbocycles. The predicted octanol–water partition coefficient (Wildman–Crippen LogP) is 3.55. The molecule has 0 bridgehead atoms. The van der Waals surface area contributed by atoms with Crippen LogP contribution in [-0.2, 0) is 14.3 Å². The van der Waals surface area contributed by atoms with Crippen LogP contribution < -0.4 is 19.5 Å². The van der Waals surface area contributed by atoms with Gasteiger partial charge in [-0.25, -0.2) is 0 Å². The first-order chi connectivity index (χ1) is 14.4. The summed E-state index contributed by atoms with van der Waals surface area (Å²) in [5.74, 6) is 0.872. The normalized spacial score (nSPS) is 13.3. The molecule has 1 unspecified atom stereocenters. The monoisotopic (exact) mass is 431 g/mol. The number of nitrogens with one attached hydrogen (secondary N) is 1. The van der Waals surface area contributed by atoms with E-state index in [1.807, 2.05) is 0 Å². The van der Waals surface area contributed by atoms with Crippen LogP contribution in [0.4, 0.5) is 0 Å². The minimum absolute atomic E-state index is 0.0473. The van der Waals surface area contributed by atoms with Gasteiger partial charge in [0.2, 0.25) is 0 Å². The zero-order valence-electron chi connectivity index (χ0n) is 16.9. The van der Waals surface area contributed by atoms with Crippen molar-refractivity contribution in [2.45, 2.75) is 12.5 Å². The highest BCUT2D eigenvalue weighted by atomic mass is 35.5. The molecule has 7 nitrogen and oxygen atoms in total. The van der Waals surface area contributed by atoms with E-state index in [4.69, 9.17) is 30.5 Å². The Morgan fingerprint density at radius 3 is 2.57 bits per heavy atom. The quantitative estimate of drug-likeness (QED) is 0.675. The molecule has 0 aromatic heterocycles. The zero-order valence-corrected chi connectivity index (χ0v) is 17.6. The maximum atomic E-state index is 12.9. The SMILES string of the molecule is COC(=O)CC(NC(=O)C1=Cc2cc(Cl)ccc2OC1)c1ccc(OC)c(OC)c1. The lowest BCUT2D eigenvalue weighted by molar-refractivity contribution is -0.141. The first-order valence-electron chi connectivity index (χ1n) is 9.17. The molecule has 30 heavy (non-hydrogen) atoms. The van der Waals surface area contributed by atoms with E-state index in [-0.39, 0.29) is 18.9 Å². The van der Waals surface area contributed by atoms with Gasteiger partial charge in [-0.3, -0.25) is 9.59 Å². The largest absolute Gasteiger partial charge is 0.493 e. The third kappa shape index (κ3) is 4.86. The van der Waals surface area contributed by atoms with E-state index in [0.717, 1.165) is 5.56 Å². The highest BCUT2D eigenvalue weighted by molar-refractivity contribution is 6.30. The highest BCUT2D eigenvalue weighted by Crippen LogP contribution is 2.32. The van der Waals surface area contributed by atoms with Crippen LogP contribution in [0.15, 0.2) is 42.0 Å². The van der Waals surface area contributed by atoms with E-state index in [2.05, 4.69) is 5.32 Å². The van der Waals surface area contributed by atoms with Crippen LogP contribution in [0, 0.1) is 0 Å². The van der Waals surface area contributed by atoms with Crippen molar-refractivity contribution < 1.29 is 28.5 Å². The second-order valence-corrected chi connectivity index (χ2v) is 7.00. The van der Waals surface area contributed by atoms with Gasteiger partial charge in [0, 0.05) is 10.6 Å². The highest BCUT2D eigenvalue weighted by Gasteiger charge is 2.24. The minimum Gasteiger partial charge on any atom is -0.493 e. The van der Waals surface area contributed by atoms with Crippen LogP contribution in [0.1, 0.15) is 23.6 Å². The number of benzene rings is 2. The Balaban J connectivity index is 1.87. The maximum Gasteiger partial charge on any atom is 0.307 e. The van der Waals surface area contributed by atoms with Crippen LogP contribution in [0.2, 0.25) is 5.02 Å². The Hall–Kier alpha value is -3.19. The molecule has 0 radical (unpaired) electrons. The van der Waals surface area contributed by atoms with Crippen molar-refractivity contribution in [1.82, 2.24) is 5.32 Å². The van der Waals surface area contributed by atoms with Crippen molar-refractivity contribution in [1.29, 1.82) is 0 Å². The van der Waals surface area contributed by atoms with Crippen LogP contribution >= 0.6 is 11.6 Å². The average Bonchev–Trinajstić information content (AvgIpc) is 2.77. The summed E-state index contributed by atoms with van der Waals surface area (Å²) in [5, 5.41) is 3.43. The molecule has 2 aromatic rings. The van der Waals surface area contributed by atoms with Crippen molar-refractivity contribution >= 4 is 29.6 Å². The summed E-state index contributed by atoms with van der Waals surface area (Å²) >= 11 is 6.04. The number of rotatable bonds is 7. The molecular weight excluding hydrogens is 410 g/mol. The molecule has 2 aromatic carbocycles. The number of halogens is 1. The molecule has 0 saturated heterocycles. The molecule has 3 rings (SSSR count). The van der Waals surface area contributed by atoms with E-state index in [1.165, 1.54) is 21.3 Å². The van der Waals surface area contributed by atoms with Gasteiger partial charge >= 0.3 is 5.97 Å². The first-order valence-corrected chi connectivity index (χ1v) is 9.55. The van der Waals surface area contributed by atoms with Crippen LogP contribution in [0.5, 0.6) is 17.2 Å². The minimum atomic E-state index is -0.633. The molecule has 158 valence electrons. The summed E-state index contributed by atoms with van der Waals surface area (Å²) in [6.07, 6.45) is 1.68. The van der Waals surface area contributed by atoms with Gasteiger partial charge in [0.05, 0.1) is 39.4 Å². The van der Waals surface area contributed by atoms with E-state index in [9.17, 15) is 9.59 Å². The fourth-order valence-corrected chi connectivity index (χ4v) is 3.28. The van der Waals surface area contributed by atoms with Crippen LogP contribution in [0.25, 0.3) is 6.08 Å².